The van der Waals surface area contributed by atoms with Crippen LogP contribution in [0.25, 0.3) is 0 Å². The fraction of sp³-hybridized carbons (Fsp3) is 0.667. The van der Waals surface area contributed by atoms with Gasteiger partial charge in [-0.2, -0.15) is 12.6 Å². The van der Waals surface area contributed by atoms with Gasteiger partial charge in [-0.25, -0.2) is 0 Å². The number of ether oxygens (including phenoxy) is 1. The third kappa shape index (κ3) is 4.20. The summed E-state index contributed by atoms with van der Waals surface area (Å²) in [6.45, 7) is 7.18. The van der Waals surface area contributed by atoms with E-state index in [4.69, 9.17) is 4.74 Å². The maximum absolute atomic E-state index is 5.99. The van der Waals surface area contributed by atoms with Gasteiger partial charge in [-0.15, -0.1) is 0 Å². The molecular formula is C15H25NOS. The number of thiol groups is 1. The summed E-state index contributed by atoms with van der Waals surface area (Å²) in [5.41, 5.74) is 1.16. The van der Waals surface area contributed by atoms with Crippen LogP contribution in [-0.4, -0.2) is 17.3 Å². The Morgan fingerprint density at radius 1 is 1.28 bits per heavy atom. The van der Waals surface area contributed by atoms with Gasteiger partial charge in [-0.05, 0) is 37.7 Å². The molecule has 0 saturated carbocycles. The van der Waals surface area contributed by atoms with Gasteiger partial charge in [-0.1, -0.05) is 26.7 Å². The number of rotatable bonds is 8. The molecule has 0 saturated heterocycles. The molecule has 0 N–H and O–H groups in total. The Bertz CT molecular complexity index is 348. The first-order valence-corrected chi connectivity index (χ1v) is 7.46. The minimum atomic E-state index is 0.203. The molecule has 2 nitrogen and oxygen atoms in total. The van der Waals surface area contributed by atoms with Gasteiger partial charge in [0.25, 0.3) is 0 Å². The van der Waals surface area contributed by atoms with Crippen molar-refractivity contribution in [2.45, 2.75) is 46.5 Å². The van der Waals surface area contributed by atoms with Crippen molar-refractivity contribution in [2.75, 3.05) is 12.4 Å². The predicted molar refractivity (Wildman–Crippen MR) is 80.6 cm³/mol. The molecule has 0 aliphatic heterocycles. The molecular weight excluding hydrogens is 242 g/mol. The van der Waals surface area contributed by atoms with E-state index >= 15 is 0 Å². The number of hydrogen-bond acceptors (Lipinski definition) is 3. The highest BCUT2D eigenvalue weighted by Crippen LogP contribution is 2.32. The van der Waals surface area contributed by atoms with E-state index in [1.807, 2.05) is 19.1 Å². The van der Waals surface area contributed by atoms with Crippen LogP contribution in [0.2, 0.25) is 0 Å². The number of aromatic nitrogens is 1. The normalized spacial score (nSPS) is 11.6. The number of pyridine rings is 1. The first-order chi connectivity index (χ1) is 8.67. The van der Waals surface area contributed by atoms with Crippen molar-refractivity contribution in [1.82, 2.24) is 4.98 Å². The van der Waals surface area contributed by atoms with E-state index in [0.29, 0.717) is 0 Å². The predicted octanol–water partition coefficient (Wildman–Crippen LogP) is 4.29. The van der Waals surface area contributed by atoms with E-state index in [0.717, 1.165) is 23.8 Å². The summed E-state index contributed by atoms with van der Waals surface area (Å²) in [6, 6.07) is 3.91. The van der Waals surface area contributed by atoms with E-state index in [2.05, 4.69) is 31.5 Å². The maximum Gasteiger partial charge on any atom is 0.140 e. The summed E-state index contributed by atoms with van der Waals surface area (Å²) < 4.78 is 5.99. The van der Waals surface area contributed by atoms with Gasteiger partial charge in [0.1, 0.15) is 5.75 Å². The second-order valence-electron chi connectivity index (χ2n) is 5.03. The lowest BCUT2D eigenvalue weighted by Gasteiger charge is -2.31. The molecule has 0 bridgehead atoms. The molecule has 0 unspecified atom stereocenters. The summed E-state index contributed by atoms with van der Waals surface area (Å²) in [7, 11) is 0. The van der Waals surface area contributed by atoms with Crippen molar-refractivity contribution in [3.05, 3.63) is 24.0 Å². The van der Waals surface area contributed by atoms with Crippen molar-refractivity contribution in [2.24, 2.45) is 5.41 Å². The standard InChI is InChI=1S/C15H25NOS/c1-4-8-15(12-18,9-5-2)11-17-14-7-6-10-16-13(14)3/h6-7,10,18H,4-5,8-9,11-12H2,1-3H3. The molecule has 0 amide bonds. The fourth-order valence-electron chi connectivity index (χ4n) is 2.39. The van der Waals surface area contributed by atoms with Gasteiger partial charge in [0, 0.05) is 11.6 Å². The Morgan fingerprint density at radius 2 is 1.94 bits per heavy atom. The number of nitrogens with zero attached hydrogens (tertiary/aromatic N) is 1. The van der Waals surface area contributed by atoms with E-state index in [9.17, 15) is 0 Å². The lowest BCUT2D eigenvalue weighted by atomic mass is 9.82. The Balaban J connectivity index is 2.69. The summed E-state index contributed by atoms with van der Waals surface area (Å²) in [6.07, 6.45) is 6.49. The molecule has 102 valence electrons. The van der Waals surface area contributed by atoms with E-state index < -0.39 is 0 Å². The third-order valence-corrected chi connectivity index (χ3v) is 4.06. The lowest BCUT2D eigenvalue weighted by Crippen LogP contribution is -2.30. The third-order valence-electron chi connectivity index (χ3n) is 3.39. The average molecular weight is 267 g/mol. The minimum Gasteiger partial charge on any atom is -0.491 e. The molecule has 1 aromatic rings. The van der Waals surface area contributed by atoms with Gasteiger partial charge >= 0.3 is 0 Å². The minimum absolute atomic E-state index is 0.203. The number of hydrogen-bond donors (Lipinski definition) is 1. The zero-order valence-electron chi connectivity index (χ0n) is 11.8. The SMILES string of the molecule is CCCC(CS)(CCC)COc1cccnc1C. The van der Waals surface area contributed by atoms with Crippen molar-refractivity contribution in [1.29, 1.82) is 0 Å². The first kappa shape index (κ1) is 15.4. The Labute approximate surface area is 117 Å². The van der Waals surface area contributed by atoms with Crippen LogP contribution in [-0.2, 0) is 0 Å². The van der Waals surface area contributed by atoms with Crippen LogP contribution in [0, 0.1) is 12.3 Å². The second kappa shape index (κ2) is 7.67. The van der Waals surface area contributed by atoms with E-state index in [1.165, 1.54) is 25.7 Å². The second-order valence-corrected chi connectivity index (χ2v) is 5.35. The van der Waals surface area contributed by atoms with Crippen LogP contribution in [0.1, 0.15) is 45.2 Å². The molecule has 3 heteroatoms. The zero-order chi connectivity index (χ0) is 13.4. The number of aryl methyl sites for hydroxylation is 1. The molecule has 1 rings (SSSR count). The fourth-order valence-corrected chi connectivity index (χ4v) is 2.79. The largest absolute Gasteiger partial charge is 0.491 e. The Kier molecular flexibility index (Phi) is 6.55. The van der Waals surface area contributed by atoms with Crippen molar-refractivity contribution in [3.63, 3.8) is 0 Å². The highest BCUT2D eigenvalue weighted by atomic mass is 32.1. The molecule has 0 aliphatic carbocycles. The highest BCUT2D eigenvalue weighted by Gasteiger charge is 2.28. The van der Waals surface area contributed by atoms with Crippen LogP contribution >= 0.6 is 12.6 Å². The quantitative estimate of drug-likeness (QED) is 0.710. The molecule has 0 radical (unpaired) electrons. The van der Waals surface area contributed by atoms with Crippen LogP contribution in [0.3, 0.4) is 0 Å². The van der Waals surface area contributed by atoms with Crippen LogP contribution in [0.5, 0.6) is 5.75 Å². The van der Waals surface area contributed by atoms with Gasteiger partial charge in [0.15, 0.2) is 0 Å². The van der Waals surface area contributed by atoms with Gasteiger partial charge in [0.2, 0.25) is 0 Å². The van der Waals surface area contributed by atoms with Crippen molar-refractivity contribution < 1.29 is 4.74 Å². The molecule has 0 fully saturated rings. The first-order valence-electron chi connectivity index (χ1n) is 6.82. The Morgan fingerprint density at radius 3 is 2.44 bits per heavy atom. The van der Waals surface area contributed by atoms with Gasteiger partial charge < -0.3 is 4.74 Å². The van der Waals surface area contributed by atoms with E-state index in [-0.39, 0.29) is 5.41 Å². The van der Waals surface area contributed by atoms with Crippen molar-refractivity contribution >= 4 is 12.6 Å². The summed E-state index contributed by atoms with van der Waals surface area (Å²) in [5.74, 6) is 1.78. The molecule has 1 aromatic heterocycles. The molecule has 0 spiro atoms. The van der Waals surface area contributed by atoms with Crippen LogP contribution in [0.4, 0.5) is 0 Å². The maximum atomic E-state index is 5.99. The molecule has 0 aliphatic rings. The summed E-state index contributed by atoms with van der Waals surface area (Å²) >= 11 is 4.55. The lowest BCUT2D eigenvalue weighted by molar-refractivity contribution is 0.142. The zero-order valence-corrected chi connectivity index (χ0v) is 12.7. The van der Waals surface area contributed by atoms with Gasteiger partial charge in [0.05, 0.1) is 12.3 Å². The van der Waals surface area contributed by atoms with E-state index in [1.54, 1.807) is 6.20 Å². The molecule has 1 heterocycles. The molecule has 0 aromatic carbocycles. The smallest absolute Gasteiger partial charge is 0.140 e. The summed E-state index contributed by atoms with van der Waals surface area (Å²) in [5, 5.41) is 0. The highest BCUT2D eigenvalue weighted by molar-refractivity contribution is 7.80. The van der Waals surface area contributed by atoms with Crippen LogP contribution < -0.4 is 4.74 Å². The summed E-state index contributed by atoms with van der Waals surface area (Å²) in [4.78, 5) is 4.25. The van der Waals surface area contributed by atoms with Gasteiger partial charge in [-0.3, -0.25) is 4.98 Å². The average Bonchev–Trinajstić information content (AvgIpc) is 2.38. The molecule has 18 heavy (non-hydrogen) atoms. The Hall–Kier alpha value is -0.700. The molecule has 0 atom stereocenters. The monoisotopic (exact) mass is 267 g/mol. The topological polar surface area (TPSA) is 22.1 Å². The van der Waals surface area contributed by atoms with Crippen molar-refractivity contribution in [3.8, 4) is 5.75 Å². The van der Waals surface area contributed by atoms with Crippen LogP contribution in [0.15, 0.2) is 18.3 Å².